The molecule has 7 heteroatoms. The fourth-order valence-corrected chi connectivity index (χ4v) is 2.73. The molecule has 0 unspecified atom stereocenters. The van der Waals surface area contributed by atoms with Crippen LogP contribution in [0.15, 0.2) is 71.3 Å². The van der Waals surface area contributed by atoms with Crippen LogP contribution in [0.1, 0.15) is 16.1 Å². The number of aromatic amines is 1. The summed E-state index contributed by atoms with van der Waals surface area (Å²) in [4.78, 5) is 31.8. The van der Waals surface area contributed by atoms with Gasteiger partial charge in [-0.1, -0.05) is 30.3 Å². The van der Waals surface area contributed by atoms with Crippen LogP contribution in [-0.4, -0.2) is 28.5 Å². The Bertz CT molecular complexity index is 1100. The van der Waals surface area contributed by atoms with Crippen LogP contribution in [0.3, 0.4) is 0 Å². The van der Waals surface area contributed by atoms with Gasteiger partial charge in [-0.05, 0) is 30.3 Å². The number of hydrogen-bond donors (Lipinski definition) is 2. The number of carbonyl (C=O) groups excluding carboxylic acids is 2. The number of furan rings is 1. The SMILES string of the molecule is O=C(COC(=O)c1ccc2nc(-c3ccccc3)[nH]c2c1)NCc1ccco1. The molecule has 4 rings (SSSR count). The van der Waals surface area contributed by atoms with E-state index in [1.54, 1.807) is 30.3 Å². The first kappa shape index (κ1) is 17.5. The van der Waals surface area contributed by atoms with Crippen LogP contribution >= 0.6 is 0 Å². The van der Waals surface area contributed by atoms with Crippen LogP contribution in [0.5, 0.6) is 0 Å². The van der Waals surface area contributed by atoms with Crippen LogP contribution in [0.25, 0.3) is 22.4 Å². The standard InChI is InChI=1S/C21H17N3O4/c25-19(22-12-16-7-4-10-27-16)13-28-21(26)15-8-9-17-18(11-15)24-20(23-17)14-5-2-1-3-6-14/h1-11H,12-13H2,(H,22,25)(H,23,24). The Kier molecular flexibility index (Phi) is 4.88. The highest BCUT2D eigenvalue weighted by molar-refractivity contribution is 5.95. The van der Waals surface area contributed by atoms with Gasteiger partial charge < -0.3 is 19.5 Å². The predicted molar refractivity (Wildman–Crippen MR) is 102 cm³/mol. The Morgan fingerprint density at radius 1 is 1.07 bits per heavy atom. The molecule has 0 aliphatic heterocycles. The van der Waals surface area contributed by atoms with Crippen LogP contribution in [-0.2, 0) is 16.1 Å². The molecule has 2 aromatic carbocycles. The van der Waals surface area contributed by atoms with Crippen molar-refractivity contribution in [1.82, 2.24) is 15.3 Å². The second kappa shape index (κ2) is 7.79. The van der Waals surface area contributed by atoms with Gasteiger partial charge >= 0.3 is 5.97 Å². The molecule has 140 valence electrons. The number of nitrogens with one attached hydrogen (secondary N) is 2. The van der Waals surface area contributed by atoms with Gasteiger partial charge in [0.05, 0.1) is 29.4 Å². The minimum atomic E-state index is -0.578. The van der Waals surface area contributed by atoms with Gasteiger partial charge in [-0.2, -0.15) is 0 Å². The Morgan fingerprint density at radius 3 is 2.71 bits per heavy atom. The van der Waals surface area contributed by atoms with Gasteiger partial charge in [-0.25, -0.2) is 9.78 Å². The zero-order chi connectivity index (χ0) is 19.3. The molecule has 0 radical (unpaired) electrons. The molecule has 4 aromatic rings. The second-order valence-corrected chi connectivity index (χ2v) is 6.12. The number of aromatic nitrogens is 2. The molecule has 0 atom stereocenters. The van der Waals surface area contributed by atoms with Crippen LogP contribution < -0.4 is 5.32 Å². The number of rotatable bonds is 6. The summed E-state index contributed by atoms with van der Waals surface area (Å²) in [6, 6.07) is 18.2. The summed E-state index contributed by atoms with van der Waals surface area (Å²) >= 11 is 0. The van der Waals surface area contributed by atoms with E-state index in [-0.39, 0.29) is 13.2 Å². The van der Waals surface area contributed by atoms with Gasteiger partial charge in [-0.3, -0.25) is 4.79 Å². The lowest BCUT2D eigenvalue weighted by molar-refractivity contribution is -0.124. The highest BCUT2D eigenvalue weighted by Gasteiger charge is 2.13. The quantitative estimate of drug-likeness (QED) is 0.504. The molecule has 0 aliphatic rings. The number of carbonyl (C=O) groups is 2. The topological polar surface area (TPSA) is 97.2 Å². The first-order valence-electron chi connectivity index (χ1n) is 8.70. The first-order chi connectivity index (χ1) is 13.7. The van der Waals surface area contributed by atoms with E-state index in [9.17, 15) is 9.59 Å². The summed E-state index contributed by atoms with van der Waals surface area (Å²) in [5.74, 6) is 0.363. The molecular formula is C21H17N3O4. The molecule has 0 aliphatic carbocycles. The molecule has 7 nitrogen and oxygen atoms in total. The Balaban J connectivity index is 1.39. The van der Waals surface area contributed by atoms with E-state index in [1.807, 2.05) is 30.3 Å². The number of esters is 1. The van der Waals surface area contributed by atoms with Crippen molar-refractivity contribution in [2.75, 3.05) is 6.61 Å². The molecule has 0 spiro atoms. The number of amides is 1. The smallest absolute Gasteiger partial charge is 0.338 e. The van der Waals surface area contributed by atoms with Gasteiger partial charge in [0.25, 0.3) is 5.91 Å². The van der Waals surface area contributed by atoms with Crippen LogP contribution in [0.4, 0.5) is 0 Å². The summed E-state index contributed by atoms with van der Waals surface area (Å²) in [6.45, 7) is -0.123. The maximum atomic E-state index is 12.2. The number of nitrogens with zero attached hydrogens (tertiary/aromatic N) is 1. The summed E-state index contributed by atoms with van der Waals surface area (Å²) < 4.78 is 10.2. The zero-order valence-electron chi connectivity index (χ0n) is 14.8. The van der Waals surface area contributed by atoms with Crippen molar-refractivity contribution in [3.8, 4) is 11.4 Å². The molecule has 1 amide bonds. The maximum absolute atomic E-state index is 12.2. The van der Waals surface area contributed by atoms with E-state index in [4.69, 9.17) is 9.15 Å². The third-order valence-electron chi connectivity index (χ3n) is 4.14. The number of ether oxygens (including phenoxy) is 1. The largest absolute Gasteiger partial charge is 0.467 e. The monoisotopic (exact) mass is 375 g/mol. The Labute approximate surface area is 160 Å². The first-order valence-corrected chi connectivity index (χ1v) is 8.70. The second-order valence-electron chi connectivity index (χ2n) is 6.12. The predicted octanol–water partition coefficient (Wildman–Crippen LogP) is 3.30. The van der Waals surface area contributed by atoms with Gasteiger partial charge in [-0.15, -0.1) is 0 Å². The van der Waals surface area contributed by atoms with Crippen molar-refractivity contribution in [3.63, 3.8) is 0 Å². The van der Waals surface area contributed by atoms with Crippen molar-refractivity contribution in [2.45, 2.75) is 6.54 Å². The lowest BCUT2D eigenvalue weighted by Crippen LogP contribution is -2.28. The number of benzene rings is 2. The molecule has 0 saturated heterocycles. The summed E-state index contributed by atoms with van der Waals surface area (Å²) in [5.41, 5.74) is 2.76. The molecule has 2 heterocycles. The van der Waals surface area contributed by atoms with Crippen molar-refractivity contribution < 1.29 is 18.7 Å². The van der Waals surface area contributed by atoms with Gasteiger partial charge in [0.15, 0.2) is 6.61 Å². The summed E-state index contributed by atoms with van der Waals surface area (Å²) in [5, 5.41) is 2.62. The minimum absolute atomic E-state index is 0.242. The molecule has 0 fully saturated rings. The average Bonchev–Trinajstić information content (AvgIpc) is 3.40. The minimum Gasteiger partial charge on any atom is -0.467 e. The summed E-state index contributed by atoms with van der Waals surface area (Å²) in [6.07, 6.45) is 1.52. The van der Waals surface area contributed by atoms with Crippen molar-refractivity contribution in [2.24, 2.45) is 0 Å². The highest BCUT2D eigenvalue weighted by atomic mass is 16.5. The van der Waals surface area contributed by atoms with Gasteiger partial charge in [0, 0.05) is 5.56 Å². The zero-order valence-corrected chi connectivity index (χ0v) is 14.8. The fourth-order valence-electron chi connectivity index (χ4n) is 2.73. The number of hydrogen-bond acceptors (Lipinski definition) is 5. The van der Waals surface area contributed by atoms with Crippen LogP contribution in [0, 0.1) is 0 Å². The number of H-pyrrole nitrogens is 1. The Hall–Kier alpha value is -3.87. The third-order valence-corrected chi connectivity index (χ3v) is 4.14. The maximum Gasteiger partial charge on any atom is 0.338 e. The molecule has 2 N–H and O–H groups in total. The summed E-state index contributed by atoms with van der Waals surface area (Å²) in [7, 11) is 0. The van der Waals surface area contributed by atoms with E-state index in [0.717, 1.165) is 22.4 Å². The van der Waals surface area contributed by atoms with Crippen LogP contribution in [0.2, 0.25) is 0 Å². The third kappa shape index (κ3) is 3.93. The molecule has 2 aromatic heterocycles. The van der Waals surface area contributed by atoms with Gasteiger partial charge in [0.2, 0.25) is 0 Å². The average molecular weight is 375 g/mol. The Morgan fingerprint density at radius 2 is 1.93 bits per heavy atom. The fraction of sp³-hybridized carbons (Fsp3) is 0.0952. The highest BCUT2D eigenvalue weighted by Crippen LogP contribution is 2.21. The van der Waals surface area contributed by atoms with Crippen molar-refractivity contribution in [3.05, 3.63) is 78.3 Å². The lowest BCUT2D eigenvalue weighted by atomic mass is 10.2. The molecule has 0 saturated carbocycles. The normalized spacial score (nSPS) is 10.7. The number of imidazole rings is 1. The lowest BCUT2D eigenvalue weighted by Gasteiger charge is -2.05. The number of fused-ring (bicyclic) bond motifs is 1. The van der Waals surface area contributed by atoms with Crippen molar-refractivity contribution >= 4 is 22.9 Å². The van der Waals surface area contributed by atoms with E-state index in [2.05, 4.69) is 15.3 Å². The van der Waals surface area contributed by atoms with Gasteiger partial charge in [0.1, 0.15) is 11.6 Å². The molecule has 0 bridgehead atoms. The molecule has 28 heavy (non-hydrogen) atoms. The van der Waals surface area contributed by atoms with E-state index < -0.39 is 11.9 Å². The van der Waals surface area contributed by atoms with E-state index in [0.29, 0.717) is 11.3 Å². The van der Waals surface area contributed by atoms with E-state index in [1.165, 1.54) is 6.26 Å². The van der Waals surface area contributed by atoms with Crippen molar-refractivity contribution in [1.29, 1.82) is 0 Å². The molecular weight excluding hydrogens is 358 g/mol. The van der Waals surface area contributed by atoms with E-state index >= 15 is 0 Å².